The van der Waals surface area contributed by atoms with Gasteiger partial charge >= 0.3 is 5.97 Å². The van der Waals surface area contributed by atoms with Crippen LogP contribution in [0.15, 0.2) is 70.9 Å². The van der Waals surface area contributed by atoms with Crippen molar-refractivity contribution in [3.63, 3.8) is 0 Å². The van der Waals surface area contributed by atoms with Gasteiger partial charge < -0.3 is 4.74 Å². The molecule has 1 rings (SSSR count). The van der Waals surface area contributed by atoms with Crippen LogP contribution in [-0.4, -0.2) is 12.6 Å². The Morgan fingerprint density at radius 3 is 2.24 bits per heavy atom. The molecule has 0 spiro atoms. The summed E-state index contributed by atoms with van der Waals surface area (Å²) < 4.78 is 5.39. The molecule has 0 unspecified atom stereocenters. The van der Waals surface area contributed by atoms with Crippen molar-refractivity contribution >= 4 is 5.97 Å². The lowest BCUT2D eigenvalue weighted by Crippen LogP contribution is -2.19. The number of rotatable bonds is 19. The van der Waals surface area contributed by atoms with Crippen LogP contribution in [-0.2, 0) is 9.53 Å². The molecule has 0 amide bonds. The van der Waals surface area contributed by atoms with E-state index in [2.05, 4.69) is 77.2 Å². The van der Waals surface area contributed by atoms with Gasteiger partial charge in [-0.2, -0.15) is 0 Å². The summed E-state index contributed by atoms with van der Waals surface area (Å²) in [6.07, 6.45) is 35.4. The maximum absolute atomic E-state index is 12.0. The predicted octanol–water partition coefficient (Wildman–Crippen LogP) is 11.3. The van der Waals surface area contributed by atoms with E-state index in [9.17, 15) is 4.79 Å². The maximum Gasteiger partial charge on any atom is 0.306 e. The van der Waals surface area contributed by atoms with Crippen molar-refractivity contribution < 1.29 is 9.53 Å². The number of carbonyl (C=O) groups is 1. The summed E-state index contributed by atoms with van der Waals surface area (Å²) in [6.45, 7) is 13.8. The molecule has 0 saturated heterocycles. The van der Waals surface area contributed by atoms with Gasteiger partial charge in [0.15, 0.2) is 0 Å². The molecular weight excluding hydrogens is 464 g/mol. The largest absolute Gasteiger partial charge is 0.461 e. The molecule has 0 radical (unpaired) electrons. The fourth-order valence-corrected chi connectivity index (χ4v) is 5.03. The molecule has 0 bridgehead atoms. The monoisotopic (exact) mass is 522 g/mol. The Hall–Kier alpha value is -2.09. The van der Waals surface area contributed by atoms with Crippen LogP contribution in [0.1, 0.15) is 138 Å². The Morgan fingerprint density at radius 1 is 0.895 bits per heavy atom. The van der Waals surface area contributed by atoms with E-state index in [-0.39, 0.29) is 11.4 Å². The van der Waals surface area contributed by atoms with Crippen LogP contribution in [0.3, 0.4) is 0 Å². The van der Waals surface area contributed by atoms with Gasteiger partial charge in [0.05, 0.1) is 0 Å². The second-order valence-corrected chi connectivity index (χ2v) is 11.8. The van der Waals surface area contributed by atoms with Gasteiger partial charge in [0.25, 0.3) is 0 Å². The minimum absolute atomic E-state index is 0.0832. The lowest BCUT2D eigenvalue weighted by Gasteiger charge is -2.32. The van der Waals surface area contributed by atoms with Gasteiger partial charge in [-0.3, -0.25) is 4.79 Å². The smallest absolute Gasteiger partial charge is 0.306 e. The van der Waals surface area contributed by atoms with Gasteiger partial charge in [0.1, 0.15) is 6.61 Å². The van der Waals surface area contributed by atoms with Gasteiger partial charge in [-0.15, -0.1) is 0 Å². The number of unbranched alkanes of at least 4 members (excludes halogenated alkanes) is 9. The Bertz CT molecular complexity index is 845. The zero-order chi connectivity index (χ0) is 28.1. The second kappa shape index (κ2) is 20.8. The first-order valence-electron chi connectivity index (χ1n) is 15.5. The van der Waals surface area contributed by atoms with E-state index in [0.29, 0.717) is 13.0 Å². The highest BCUT2D eigenvalue weighted by atomic mass is 16.5. The number of hydrogen-bond donors (Lipinski definition) is 0. The van der Waals surface area contributed by atoms with Gasteiger partial charge in [-0.05, 0) is 89.2 Å². The summed E-state index contributed by atoms with van der Waals surface area (Å²) >= 11 is 0. The van der Waals surface area contributed by atoms with Crippen LogP contribution in [0, 0.1) is 5.41 Å². The van der Waals surface area contributed by atoms with E-state index in [4.69, 9.17) is 4.74 Å². The molecule has 1 aliphatic carbocycles. The number of allylic oxidation sites excluding steroid dienone is 11. The van der Waals surface area contributed by atoms with Crippen LogP contribution in [0.4, 0.5) is 0 Å². The molecule has 0 heterocycles. The predicted molar refractivity (Wildman–Crippen MR) is 167 cm³/mol. The molecule has 1 aliphatic rings. The minimum Gasteiger partial charge on any atom is -0.461 e. The molecule has 0 aromatic carbocycles. The zero-order valence-electron chi connectivity index (χ0n) is 25.7. The highest BCUT2D eigenvalue weighted by molar-refractivity contribution is 5.69. The third kappa shape index (κ3) is 16.7. The number of ether oxygens (including phenoxy) is 1. The molecule has 214 valence electrons. The summed E-state index contributed by atoms with van der Waals surface area (Å²) in [7, 11) is 0. The van der Waals surface area contributed by atoms with Crippen molar-refractivity contribution in [1.29, 1.82) is 0 Å². The van der Waals surface area contributed by atoms with Gasteiger partial charge in [-0.25, -0.2) is 0 Å². The van der Waals surface area contributed by atoms with Crippen LogP contribution in [0.2, 0.25) is 0 Å². The second-order valence-electron chi connectivity index (χ2n) is 11.8. The lowest BCUT2D eigenvalue weighted by atomic mass is 9.72. The molecule has 2 heteroatoms. The first kappa shape index (κ1) is 33.9. The molecule has 0 N–H and O–H groups in total. The van der Waals surface area contributed by atoms with Crippen LogP contribution < -0.4 is 0 Å². The third-order valence-corrected chi connectivity index (χ3v) is 7.57. The molecule has 0 saturated carbocycles. The molecule has 0 atom stereocenters. The van der Waals surface area contributed by atoms with Crippen LogP contribution in [0.25, 0.3) is 0 Å². The zero-order valence-corrected chi connectivity index (χ0v) is 25.7. The summed E-state index contributed by atoms with van der Waals surface area (Å²) in [5, 5.41) is 0. The van der Waals surface area contributed by atoms with Crippen molar-refractivity contribution in [2.45, 2.75) is 138 Å². The first-order valence-corrected chi connectivity index (χ1v) is 15.5. The van der Waals surface area contributed by atoms with E-state index < -0.39 is 0 Å². The Balaban J connectivity index is 2.16. The summed E-state index contributed by atoms with van der Waals surface area (Å²) in [6, 6.07) is 0. The minimum atomic E-state index is -0.0832. The highest BCUT2D eigenvalue weighted by Gasteiger charge is 2.26. The topological polar surface area (TPSA) is 26.3 Å². The number of hydrogen-bond acceptors (Lipinski definition) is 2. The van der Waals surface area contributed by atoms with Crippen LogP contribution in [0.5, 0.6) is 0 Å². The fraction of sp³-hybridized carbons (Fsp3) is 0.639. The van der Waals surface area contributed by atoms with E-state index in [1.807, 2.05) is 13.0 Å². The van der Waals surface area contributed by atoms with Crippen molar-refractivity contribution in [2.24, 2.45) is 5.41 Å². The van der Waals surface area contributed by atoms with E-state index in [1.165, 1.54) is 93.8 Å². The molecule has 2 nitrogen and oxygen atoms in total. The Kier molecular flexibility index (Phi) is 18.6. The first-order chi connectivity index (χ1) is 18.3. The molecule has 38 heavy (non-hydrogen) atoms. The summed E-state index contributed by atoms with van der Waals surface area (Å²) in [5.74, 6) is -0.0832. The number of esters is 1. The molecular formula is C36H58O2. The summed E-state index contributed by atoms with van der Waals surface area (Å²) in [4.78, 5) is 12.0. The Labute approximate surface area is 236 Å². The highest BCUT2D eigenvalue weighted by Crippen LogP contribution is 2.40. The molecule has 0 fully saturated rings. The van der Waals surface area contributed by atoms with E-state index >= 15 is 0 Å². The van der Waals surface area contributed by atoms with Gasteiger partial charge in [-0.1, -0.05) is 119 Å². The molecule has 0 aromatic heterocycles. The third-order valence-electron chi connectivity index (χ3n) is 7.57. The lowest BCUT2D eigenvalue weighted by molar-refractivity contribution is -0.142. The Morgan fingerprint density at radius 2 is 1.55 bits per heavy atom. The molecule has 0 aliphatic heterocycles. The quantitative estimate of drug-likeness (QED) is 0.0729. The SMILES string of the molecule is CCCCCC/C=C\CCCCCCCC(=O)OC/C=C(C)/C=C/C=C(C)/C=C/C1=C(C)CCCC1(C)C. The van der Waals surface area contributed by atoms with E-state index in [0.717, 1.165) is 18.4 Å². The van der Waals surface area contributed by atoms with Crippen molar-refractivity contribution in [3.8, 4) is 0 Å². The maximum atomic E-state index is 12.0. The standard InChI is InChI=1S/C36H58O2/c1-7-8-9-10-11-12-13-14-15-16-17-18-19-25-35(37)38-30-28-32(3)23-20-22-31(2)26-27-34-33(4)24-21-29-36(34,5)6/h12-13,20,22-23,26-28H,7-11,14-19,21,24-25,29-30H2,1-6H3/b13-12-,23-20+,27-26+,31-22+,32-28+. The summed E-state index contributed by atoms with van der Waals surface area (Å²) in [5.41, 5.74) is 5.63. The van der Waals surface area contributed by atoms with Crippen molar-refractivity contribution in [2.75, 3.05) is 6.61 Å². The van der Waals surface area contributed by atoms with Gasteiger partial charge in [0, 0.05) is 6.42 Å². The van der Waals surface area contributed by atoms with Gasteiger partial charge in [0.2, 0.25) is 0 Å². The number of carbonyl (C=O) groups excluding carboxylic acids is 1. The van der Waals surface area contributed by atoms with Crippen LogP contribution >= 0.6 is 0 Å². The van der Waals surface area contributed by atoms with Crippen molar-refractivity contribution in [3.05, 3.63) is 70.9 Å². The fourth-order valence-electron chi connectivity index (χ4n) is 5.03. The average molecular weight is 523 g/mol. The normalized spacial score (nSPS) is 16.9. The molecule has 0 aromatic rings. The van der Waals surface area contributed by atoms with E-state index in [1.54, 1.807) is 0 Å². The average Bonchev–Trinajstić information content (AvgIpc) is 2.86. The van der Waals surface area contributed by atoms with Crippen molar-refractivity contribution in [1.82, 2.24) is 0 Å².